The van der Waals surface area contributed by atoms with Crippen LogP contribution in [0.25, 0.3) is 11.1 Å². The van der Waals surface area contributed by atoms with Gasteiger partial charge in [0.2, 0.25) is 5.91 Å². The molecule has 1 heterocycles. The molecule has 40 heavy (non-hydrogen) atoms. The number of nitrogens with zero attached hydrogens (tertiary/aromatic N) is 1. The van der Waals surface area contributed by atoms with Gasteiger partial charge in [0.15, 0.2) is 0 Å². The van der Waals surface area contributed by atoms with Gasteiger partial charge >= 0.3 is 12.1 Å². The number of carboxylic acid groups (broad SMARTS) is 1. The third-order valence-corrected chi connectivity index (χ3v) is 7.29. The number of aliphatic carboxylic acids is 1. The van der Waals surface area contributed by atoms with Crippen LogP contribution in [0.4, 0.5) is 4.79 Å². The highest BCUT2D eigenvalue weighted by Gasteiger charge is 2.45. The zero-order valence-corrected chi connectivity index (χ0v) is 24.1. The molecule has 9 heteroatoms. The number of carboxylic acids is 1. The summed E-state index contributed by atoms with van der Waals surface area (Å²) in [5, 5.41) is 12.1. The molecular weight excluding hydrogens is 512 g/mol. The number of hydrogen-bond acceptors (Lipinski definition) is 6. The summed E-state index contributed by atoms with van der Waals surface area (Å²) in [6.45, 7) is 5.67. The predicted octanol–water partition coefficient (Wildman–Crippen LogP) is 5.13. The first-order valence-electron chi connectivity index (χ1n) is 13.8. The zero-order chi connectivity index (χ0) is 29.3. The lowest BCUT2D eigenvalue weighted by atomic mass is 9.85. The summed E-state index contributed by atoms with van der Waals surface area (Å²) in [5.41, 5.74) is 1.80. The molecule has 2 N–H and O–H groups in total. The van der Waals surface area contributed by atoms with Gasteiger partial charge in [-0.2, -0.15) is 0 Å². The van der Waals surface area contributed by atoms with Crippen molar-refractivity contribution < 1.29 is 33.7 Å². The van der Waals surface area contributed by atoms with Crippen LogP contribution in [0.5, 0.6) is 5.75 Å². The van der Waals surface area contributed by atoms with Gasteiger partial charge in [0.1, 0.15) is 23.9 Å². The van der Waals surface area contributed by atoms with E-state index in [1.807, 2.05) is 57.2 Å². The van der Waals surface area contributed by atoms with Gasteiger partial charge in [0, 0.05) is 20.1 Å². The zero-order valence-electron chi connectivity index (χ0n) is 24.1. The fourth-order valence-corrected chi connectivity index (χ4v) is 5.00. The van der Waals surface area contributed by atoms with E-state index in [0.29, 0.717) is 0 Å². The minimum atomic E-state index is -1.07. The van der Waals surface area contributed by atoms with E-state index in [9.17, 15) is 19.5 Å². The molecule has 1 aliphatic carbocycles. The summed E-state index contributed by atoms with van der Waals surface area (Å²) >= 11 is 0. The van der Waals surface area contributed by atoms with Crippen molar-refractivity contribution in [3.8, 4) is 16.9 Å². The van der Waals surface area contributed by atoms with E-state index < -0.39 is 35.5 Å². The Morgan fingerprint density at radius 2 is 1.60 bits per heavy atom. The van der Waals surface area contributed by atoms with E-state index in [0.717, 1.165) is 31.4 Å². The Balaban J connectivity index is 0.000000263. The molecule has 1 aliphatic heterocycles. The molecule has 2 amide bonds. The second kappa shape index (κ2) is 14.2. The van der Waals surface area contributed by atoms with Crippen molar-refractivity contribution in [1.82, 2.24) is 10.2 Å². The Hall–Kier alpha value is -3.59. The van der Waals surface area contributed by atoms with Gasteiger partial charge in [-0.05, 0) is 54.4 Å². The molecule has 1 saturated carbocycles. The molecule has 3 unspecified atom stereocenters. The van der Waals surface area contributed by atoms with Crippen LogP contribution in [0.15, 0.2) is 54.6 Å². The van der Waals surface area contributed by atoms with Crippen molar-refractivity contribution in [3.05, 3.63) is 54.6 Å². The van der Waals surface area contributed by atoms with Crippen LogP contribution in [0.1, 0.15) is 52.9 Å². The predicted molar refractivity (Wildman–Crippen MR) is 152 cm³/mol. The molecule has 1 saturated heterocycles. The summed E-state index contributed by atoms with van der Waals surface area (Å²) in [4.78, 5) is 38.2. The molecule has 2 fully saturated rings. The summed E-state index contributed by atoms with van der Waals surface area (Å²) in [7, 11) is 3.18. The molecule has 0 spiro atoms. The first-order chi connectivity index (χ1) is 19.0. The van der Waals surface area contributed by atoms with E-state index in [1.165, 1.54) is 23.1 Å². The largest absolute Gasteiger partial charge is 0.497 e. The number of hydrogen-bond donors (Lipinski definition) is 2. The van der Waals surface area contributed by atoms with Crippen molar-refractivity contribution in [2.45, 2.75) is 77.2 Å². The van der Waals surface area contributed by atoms with E-state index in [-0.39, 0.29) is 25.2 Å². The van der Waals surface area contributed by atoms with E-state index in [1.54, 1.807) is 7.11 Å². The molecule has 2 aromatic rings. The maximum absolute atomic E-state index is 13.1. The van der Waals surface area contributed by atoms with Crippen LogP contribution in [0.3, 0.4) is 0 Å². The standard InChI is InChI=1S/C18H30N2O6.C13H12O/c1-18(2,3)14(19-17(24)26-11-7-5-6-8-11)15(21)20-10-12(25-4)9-13(20)16(22)23;1-14-13-9-5-8-12(10-13)11-6-3-2-4-7-11/h11-14H,5-10H2,1-4H3,(H,19,24)(H,22,23);2-10H,1H3. The van der Waals surface area contributed by atoms with Crippen molar-refractivity contribution >= 4 is 18.0 Å². The van der Waals surface area contributed by atoms with Crippen LogP contribution in [0.2, 0.25) is 0 Å². The SMILES string of the molecule is COC1CC(C(=O)O)N(C(=O)C(NC(=O)OC2CCCC2)C(C)(C)C)C1.COc1cccc(-c2ccccc2)c1. The Labute approximate surface area is 236 Å². The number of ether oxygens (including phenoxy) is 3. The van der Waals surface area contributed by atoms with Crippen molar-refractivity contribution in [3.63, 3.8) is 0 Å². The lowest BCUT2D eigenvalue weighted by molar-refractivity contribution is -0.150. The quantitative estimate of drug-likeness (QED) is 0.488. The highest BCUT2D eigenvalue weighted by atomic mass is 16.6. The average Bonchev–Trinajstić information content (AvgIpc) is 3.62. The van der Waals surface area contributed by atoms with E-state index >= 15 is 0 Å². The topological polar surface area (TPSA) is 114 Å². The van der Waals surface area contributed by atoms with Crippen molar-refractivity contribution in [1.29, 1.82) is 0 Å². The molecule has 218 valence electrons. The maximum atomic E-state index is 13.1. The van der Waals surface area contributed by atoms with Crippen molar-refractivity contribution in [2.24, 2.45) is 5.41 Å². The van der Waals surface area contributed by atoms with Crippen LogP contribution in [0, 0.1) is 5.41 Å². The van der Waals surface area contributed by atoms with Gasteiger partial charge < -0.3 is 29.5 Å². The number of benzene rings is 2. The summed E-state index contributed by atoms with van der Waals surface area (Å²) in [6, 6.07) is 16.5. The third-order valence-electron chi connectivity index (χ3n) is 7.29. The first kappa shape index (κ1) is 30.9. The molecule has 4 rings (SSSR count). The van der Waals surface area contributed by atoms with E-state index in [4.69, 9.17) is 14.2 Å². The van der Waals surface area contributed by atoms with Gasteiger partial charge in [-0.3, -0.25) is 4.79 Å². The molecule has 9 nitrogen and oxygen atoms in total. The minimum Gasteiger partial charge on any atom is -0.497 e. The number of likely N-dealkylation sites (tertiary alicyclic amines) is 1. The smallest absolute Gasteiger partial charge is 0.408 e. The number of methoxy groups -OCH3 is 2. The molecule has 0 radical (unpaired) electrons. The van der Waals surface area contributed by atoms with Gasteiger partial charge in [0.05, 0.1) is 13.2 Å². The first-order valence-corrected chi connectivity index (χ1v) is 13.8. The Morgan fingerprint density at radius 3 is 2.17 bits per heavy atom. The van der Waals surface area contributed by atoms with Crippen LogP contribution in [-0.2, 0) is 19.1 Å². The summed E-state index contributed by atoms with van der Waals surface area (Å²) < 4.78 is 15.8. The lowest BCUT2D eigenvalue weighted by Gasteiger charge is -2.34. The summed E-state index contributed by atoms with van der Waals surface area (Å²) in [6.07, 6.45) is 2.92. The fraction of sp³-hybridized carbons (Fsp3) is 0.516. The van der Waals surface area contributed by atoms with E-state index in [2.05, 4.69) is 23.5 Å². The highest BCUT2D eigenvalue weighted by molar-refractivity contribution is 5.90. The van der Waals surface area contributed by atoms with Crippen LogP contribution >= 0.6 is 0 Å². The molecule has 2 aromatic carbocycles. The highest BCUT2D eigenvalue weighted by Crippen LogP contribution is 2.28. The molecule has 2 aliphatic rings. The molecule has 3 atom stereocenters. The Bertz CT molecular complexity index is 1130. The lowest BCUT2D eigenvalue weighted by Crippen LogP contribution is -2.57. The fourth-order valence-electron chi connectivity index (χ4n) is 5.00. The monoisotopic (exact) mass is 554 g/mol. The normalized spacial score (nSPS) is 19.8. The molecule has 0 bridgehead atoms. The van der Waals surface area contributed by atoms with Gasteiger partial charge in [-0.15, -0.1) is 0 Å². The van der Waals surface area contributed by atoms with Crippen LogP contribution < -0.4 is 10.1 Å². The molecule has 0 aromatic heterocycles. The summed E-state index contributed by atoms with van der Waals surface area (Å²) in [5.74, 6) is -0.599. The number of nitrogens with one attached hydrogen (secondary N) is 1. The van der Waals surface area contributed by atoms with Crippen molar-refractivity contribution in [2.75, 3.05) is 20.8 Å². The number of rotatable bonds is 7. The van der Waals surface area contributed by atoms with Gasteiger partial charge in [-0.1, -0.05) is 63.2 Å². The Kier molecular flexibility index (Phi) is 11.0. The number of carbonyl (C=O) groups is 3. The van der Waals surface area contributed by atoms with Crippen LogP contribution in [-0.4, -0.2) is 73.0 Å². The van der Waals surface area contributed by atoms with Gasteiger partial charge in [-0.25, -0.2) is 9.59 Å². The number of carbonyl (C=O) groups excluding carboxylic acids is 2. The second-order valence-electron chi connectivity index (χ2n) is 11.3. The molecular formula is C31H42N2O7. The maximum Gasteiger partial charge on any atom is 0.408 e. The number of amides is 2. The second-order valence-corrected chi connectivity index (χ2v) is 11.3. The van der Waals surface area contributed by atoms with Gasteiger partial charge in [0.25, 0.3) is 0 Å². The Morgan fingerprint density at radius 1 is 0.950 bits per heavy atom. The average molecular weight is 555 g/mol. The minimum absolute atomic E-state index is 0.109. The third kappa shape index (κ3) is 8.45. The number of alkyl carbamates (subject to hydrolysis) is 1.